The van der Waals surface area contributed by atoms with E-state index >= 15 is 0 Å². The summed E-state index contributed by atoms with van der Waals surface area (Å²) < 4.78 is 22.5. The monoisotopic (exact) mass is 254 g/mol. The van der Waals surface area contributed by atoms with Crippen LogP contribution >= 0.6 is 11.5 Å². The molecule has 5 nitrogen and oxygen atoms in total. The zero-order chi connectivity index (χ0) is 12.3. The molecule has 0 saturated carbocycles. The summed E-state index contributed by atoms with van der Waals surface area (Å²) >= 11 is 1.17. The summed E-state index contributed by atoms with van der Waals surface area (Å²) in [5, 5.41) is 3.71. The molecule has 17 heavy (non-hydrogen) atoms. The van der Waals surface area contributed by atoms with E-state index in [1.807, 2.05) is 0 Å². The molecule has 0 saturated heterocycles. The number of halogens is 1. The average molecular weight is 254 g/mol. The van der Waals surface area contributed by atoms with Crippen molar-refractivity contribution in [1.82, 2.24) is 15.0 Å². The third-order valence-electron chi connectivity index (χ3n) is 2.35. The molecule has 0 aliphatic carbocycles. The maximum absolute atomic E-state index is 13.9. The lowest BCUT2D eigenvalue weighted by Gasteiger charge is -2.15. The lowest BCUT2D eigenvalue weighted by molar-refractivity contribution is 0.410. The van der Waals surface area contributed by atoms with Crippen LogP contribution in [0.3, 0.4) is 0 Å². The van der Waals surface area contributed by atoms with Crippen LogP contribution in [0.1, 0.15) is 16.5 Å². The molecule has 7 heteroatoms. The Morgan fingerprint density at radius 2 is 2.35 bits per heavy atom. The smallest absolute Gasteiger partial charge is 0.132 e. The molecule has 0 amide bonds. The fourth-order valence-corrected chi connectivity index (χ4v) is 2.08. The molecule has 1 aromatic heterocycles. The van der Waals surface area contributed by atoms with Crippen molar-refractivity contribution in [2.24, 2.45) is 5.84 Å². The van der Waals surface area contributed by atoms with Gasteiger partial charge in [0, 0.05) is 11.6 Å². The van der Waals surface area contributed by atoms with Crippen molar-refractivity contribution < 1.29 is 9.13 Å². The molecule has 0 bridgehead atoms. The van der Waals surface area contributed by atoms with E-state index in [1.165, 1.54) is 24.7 Å². The van der Waals surface area contributed by atoms with Crippen molar-refractivity contribution in [3.05, 3.63) is 40.7 Å². The first-order chi connectivity index (χ1) is 8.26. The van der Waals surface area contributed by atoms with E-state index in [0.717, 1.165) is 4.88 Å². The zero-order valence-electron chi connectivity index (χ0n) is 9.05. The van der Waals surface area contributed by atoms with Gasteiger partial charge in [-0.25, -0.2) is 9.82 Å². The standard InChI is InChI=1S/C10H11FN4OS/c1-16-6-2-3-7(8(11)4-6)10(14-12)9-5-13-15-17-9/h2-5,10,14H,12H2,1H3. The largest absolute Gasteiger partial charge is 0.497 e. The number of rotatable bonds is 4. The topological polar surface area (TPSA) is 73.1 Å². The van der Waals surface area contributed by atoms with Crippen LogP contribution in [0.2, 0.25) is 0 Å². The molecular formula is C10H11FN4OS. The Bertz CT molecular complexity index is 491. The van der Waals surface area contributed by atoms with Crippen LogP contribution in [0.4, 0.5) is 4.39 Å². The molecule has 1 aromatic carbocycles. The lowest BCUT2D eigenvalue weighted by atomic mass is 10.1. The Labute approximate surface area is 102 Å². The van der Waals surface area contributed by atoms with E-state index in [9.17, 15) is 4.39 Å². The Morgan fingerprint density at radius 3 is 2.88 bits per heavy atom. The van der Waals surface area contributed by atoms with Gasteiger partial charge in [-0.15, -0.1) is 5.10 Å². The fourth-order valence-electron chi connectivity index (χ4n) is 1.50. The SMILES string of the molecule is COc1ccc(C(NN)c2cnns2)c(F)c1. The molecule has 3 N–H and O–H groups in total. The first-order valence-corrected chi connectivity index (χ1v) is 5.60. The Balaban J connectivity index is 2.38. The molecule has 0 aliphatic rings. The predicted molar refractivity (Wildman–Crippen MR) is 62.0 cm³/mol. The second-order valence-corrected chi connectivity index (χ2v) is 4.12. The number of benzene rings is 1. The van der Waals surface area contributed by atoms with Gasteiger partial charge in [0.15, 0.2) is 0 Å². The molecule has 1 atom stereocenters. The van der Waals surface area contributed by atoms with Gasteiger partial charge in [-0.3, -0.25) is 5.84 Å². The van der Waals surface area contributed by atoms with Gasteiger partial charge in [-0.2, -0.15) is 0 Å². The highest BCUT2D eigenvalue weighted by Gasteiger charge is 2.19. The minimum atomic E-state index is -0.457. The quantitative estimate of drug-likeness (QED) is 0.634. The fraction of sp³-hybridized carbons (Fsp3) is 0.200. The van der Waals surface area contributed by atoms with E-state index in [2.05, 4.69) is 15.0 Å². The number of ether oxygens (including phenoxy) is 1. The number of methoxy groups -OCH3 is 1. The molecule has 1 unspecified atom stereocenters. The first kappa shape index (κ1) is 11.9. The zero-order valence-corrected chi connectivity index (χ0v) is 9.87. The van der Waals surface area contributed by atoms with E-state index in [1.54, 1.807) is 18.3 Å². The minimum Gasteiger partial charge on any atom is -0.497 e. The average Bonchev–Trinajstić information content (AvgIpc) is 2.85. The molecule has 0 spiro atoms. The van der Waals surface area contributed by atoms with E-state index in [4.69, 9.17) is 10.6 Å². The summed E-state index contributed by atoms with van der Waals surface area (Å²) in [6, 6.07) is 4.16. The van der Waals surface area contributed by atoms with Crippen molar-refractivity contribution in [1.29, 1.82) is 0 Å². The second-order valence-electron chi connectivity index (χ2n) is 3.31. The Kier molecular flexibility index (Phi) is 3.62. The molecule has 2 rings (SSSR count). The van der Waals surface area contributed by atoms with Gasteiger partial charge in [-0.05, 0) is 17.6 Å². The lowest BCUT2D eigenvalue weighted by Crippen LogP contribution is -2.28. The summed E-state index contributed by atoms with van der Waals surface area (Å²) in [6.45, 7) is 0. The van der Waals surface area contributed by atoms with Crippen LogP contribution in [0, 0.1) is 5.82 Å². The van der Waals surface area contributed by atoms with Crippen LogP contribution < -0.4 is 16.0 Å². The number of nitrogens with two attached hydrogens (primary N) is 1. The van der Waals surface area contributed by atoms with E-state index in [-0.39, 0.29) is 5.82 Å². The normalized spacial score (nSPS) is 12.4. The molecule has 0 fully saturated rings. The highest BCUT2D eigenvalue weighted by molar-refractivity contribution is 7.05. The summed E-state index contributed by atoms with van der Waals surface area (Å²) in [5.41, 5.74) is 2.98. The van der Waals surface area contributed by atoms with Crippen LogP contribution in [-0.4, -0.2) is 16.7 Å². The van der Waals surface area contributed by atoms with Crippen molar-refractivity contribution >= 4 is 11.5 Å². The summed E-state index contributed by atoms with van der Waals surface area (Å²) in [4.78, 5) is 0.747. The Hall–Kier alpha value is -1.57. The number of nitrogens with one attached hydrogen (secondary N) is 1. The van der Waals surface area contributed by atoms with Crippen LogP contribution in [0.5, 0.6) is 5.75 Å². The van der Waals surface area contributed by atoms with Gasteiger partial charge in [0.05, 0.1) is 24.2 Å². The number of hydrogen-bond donors (Lipinski definition) is 2. The second kappa shape index (κ2) is 5.17. The minimum absolute atomic E-state index is 0.388. The van der Waals surface area contributed by atoms with Crippen LogP contribution in [-0.2, 0) is 0 Å². The van der Waals surface area contributed by atoms with Crippen LogP contribution in [0.25, 0.3) is 0 Å². The molecular weight excluding hydrogens is 243 g/mol. The highest BCUT2D eigenvalue weighted by Crippen LogP contribution is 2.27. The van der Waals surface area contributed by atoms with Gasteiger partial charge < -0.3 is 4.74 Å². The van der Waals surface area contributed by atoms with E-state index < -0.39 is 6.04 Å². The maximum Gasteiger partial charge on any atom is 0.132 e. The molecule has 0 radical (unpaired) electrons. The van der Waals surface area contributed by atoms with Gasteiger partial charge in [0.1, 0.15) is 11.6 Å². The molecule has 0 aliphatic heterocycles. The maximum atomic E-state index is 13.9. The Morgan fingerprint density at radius 1 is 1.53 bits per heavy atom. The number of nitrogens with zero attached hydrogens (tertiary/aromatic N) is 2. The highest BCUT2D eigenvalue weighted by atomic mass is 32.1. The van der Waals surface area contributed by atoms with E-state index in [0.29, 0.717) is 11.3 Å². The van der Waals surface area contributed by atoms with Gasteiger partial charge >= 0.3 is 0 Å². The molecule has 1 heterocycles. The van der Waals surface area contributed by atoms with Gasteiger partial charge in [0.2, 0.25) is 0 Å². The summed E-state index contributed by atoms with van der Waals surface area (Å²) in [6.07, 6.45) is 1.55. The first-order valence-electron chi connectivity index (χ1n) is 4.83. The predicted octanol–water partition coefficient (Wildman–Crippen LogP) is 1.24. The van der Waals surface area contributed by atoms with Gasteiger partial charge in [-0.1, -0.05) is 10.6 Å². The summed E-state index contributed by atoms with van der Waals surface area (Å²) in [5.74, 6) is 5.51. The van der Waals surface area contributed by atoms with Crippen molar-refractivity contribution in [2.45, 2.75) is 6.04 Å². The van der Waals surface area contributed by atoms with Gasteiger partial charge in [0.25, 0.3) is 0 Å². The van der Waals surface area contributed by atoms with Crippen molar-refractivity contribution in [2.75, 3.05) is 7.11 Å². The number of hydrazine groups is 1. The summed E-state index contributed by atoms with van der Waals surface area (Å²) in [7, 11) is 1.49. The molecule has 2 aromatic rings. The van der Waals surface area contributed by atoms with Crippen molar-refractivity contribution in [3.63, 3.8) is 0 Å². The third kappa shape index (κ3) is 2.41. The molecule has 90 valence electrons. The number of aromatic nitrogens is 2. The number of hydrogen-bond acceptors (Lipinski definition) is 6. The van der Waals surface area contributed by atoms with Crippen molar-refractivity contribution in [3.8, 4) is 5.75 Å². The van der Waals surface area contributed by atoms with Crippen LogP contribution in [0.15, 0.2) is 24.4 Å². The third-order valence-corrected chi connectivity index (χ3v) is 3.08.